The van der Waals surface area contributed by atoms with Gasteiger partial charge in [0, 0.05) is 29.3 Å². The number of nitro benzene ring substituents is 1. The summed E-state index contributed by atoms with van der Waals surface area (Å²) in [6, 6.07) is 15.0. The number of carbonyl (C=O) groups is 1. The molecular weight excluding hydrogens is 322 g/mol. The Bertz CT molecular complexity index is 916. The first-order valence-electron chi connectivity index (χ1n) is 7.68. The Kier molecular flexibility index (Phi) is 4.56. The van der Waals surface area contributed by atoms with Crippen molar-refractivity contribution in [2.24, 2.45) is 0 Å². The van der Waals surface area contributed by atoms with E-state index in [-0.39, 0.29) is 17.1 Å². The highest BCUT2D eigenvalue weighted by Gasteiger charge is 2.14. The van der Waals surface area contributed by atoms with Crippen LogP contribution in [0.4, 0.5) is 11.6 Å². The smallest absolute Gasteiger partial charge is 0.270 e. The number of aryl methyl sites for hydroxylation is 1. The number of anilines is 1. The van der Waals surface area contributed by atoms with Gasteiger partial charge < -0.3 is 4.52 Å². The second kappa shape index (κ2) is 6.96. The molecule has 1 N–H and O–H groups in total. The van der Waals surface area contributed by atoms with Crippen molar-refractivity contribution in [1.82, 2.24) is 5.16 Å². The van der Waals surface area contributed by atoms with Crippen LogP contribution in [0, 0.1) is 10.1 Å². The zero-order chi connectivity index (χ0) is 17.8. The Morgan fingerprint density at radius 3 is 2.64 bits per heavy atom. The molecule has 0 saturated heterocycles. The Labute approximate surface area is 143 Å². The molecule has 0 fully saturated rings. The molecule has 7 heteroatoms. The summed E-state index contributed by atoms with van der Waals surface area (Å²) in [4.78, 5) is 22.4. The van der Waals surface area contributed by atoms with E-state index in [1.54, 1.807) is 6.07 Å². The molecule has 0 aliphatic heterocycles. The first-order chi connectivity index (χ1) is 12.1. The van der Waals surface area contributed by atoms with Gasteiger partial charge in [-0.1, -0.05) is 42.4 Å². The summed E-state index contributed by atoms with van der Waals surface area (Å²) >= 11 is 0. The minimum Gasteiger partial charge on any atom is -0.338 e. The number of amides is 1. The molecule has 0 unspecified atom stereocenters. The number of benzene rings is 2. The van der Waals surface area contributed by atoms with Crippen LogP contribution in [0.15, 0.2) is 59.1 Å². The van der Waals surface area contributed by atoms with Gasteiger partial charge in [0.25, 0.3) is 11.6 Å². The molecule has 1 amide bonds. The molecule has 2 aromatic carbocycles. The number of carbonyl (C=O) groups excluding carboxylic acids is 1. The monoisotopic (exact) mass is 337 g/mol. The summed E-state index contributed by atoms with van der Waals surface area (Å²) in [5.74, 6) is -0.334. The van der Waals surface area contributed by atoms with Gasteiger partial charge in [0.1, 0.15) is 5.69 Å². The molecule has 3 aromatic rings. The quantitative estimate of drug-likeness (QED) is 0.559. The summed E-state index contributed by atoms with van der Waals surface area (Å²) in [6.45, 7) is 2.08. The van der Waals surface area contributed by atoms with Crippen molar-refractivity contribution >= 4 is 17.5 Å². The molecule has 0 atom stereocenters. The molecule has 126 valence electrons. The van der Waals surface area contributed by atoms with E-state index in [1.807, 2.05) is 24.3 Å². The number of hydrogen-bond acceptors (Lipinski definition) is 5. The fourth-order valence-corrected chi connectivity index (χ4v) is 2.33. The van der Waals surface area contributed by atoms with Gasteiger partial charge in [0.15, 0.2) is 0 Å². The van der Waals surface area contributed by atoms with E-state index in [4.69, 9.17) is 4.52 Å². The van der Waals surface area contributed by atoms with E-state index in [0.29, 0.717) is 5.69 Å². The van der Waals surface area contributed by atoms with Gasteiger partial charge in [-0.05, 0) is 18.1 Å². The molecular formula is C18H15N3O4. The van der Waals surface area contributed by atoms with Gasteiger partial charge in [-0.3, -0.25) is 20.2 Å². The van der Waals surface area contributed by atoms with Gasteiger partial charge in [-0.25, -0.2) is 0 Å². The average Bonchev–Trinajstić information content (AvgIpc) is 3.10. The van der Waals surface area contributed by atoms with Crippen molar-refractivity contribution in [3.8, 4) is 11.3 Å². The molecule has 0 aliphatic carbocycles. The molecule has 0 bridgehead atoms. The standard InChI is InChI=1S/C18H15N3O4/c1-2-12-6-8-13(9-7-12)16-11-17(25-20-16)19-18(22)14-4-3-5-15(10-14)21(23)24/h3-11H,2H2,1H3,(H,19,22). The summed E-state index contributed by atoms with van der Waals surface area (Å²) in [6.07, 6.45) is 0.948. The number of aromatic nitrogens is 1. The fraction of sp³-hybridized carbons (Fsp3) is 0.111. The molecule has 25 heavy (non-hydrogen) atoms. The van der Waals surface area contributed by atoms with Crippen LogP contribution in [0.25, 0.3) is 11.3 Å². The first kappa shape index (κ1) is 16.4. The summed E-state index contributed by atoms with van der Waals surface area (Å²) < 4.78 is 5.13. The number of hydrogen-bond donors (Lipinski definition) is 1. The van der Waals surface area contributed by atoms with Crippen LogP contribution < -0.4 is 5.32 Å². The van der Waals surface area contributed by atoms with E-state index in [2.05, 4.69) is 17.4 Å². The van der Waals surface area contributed by atoms with Crippen LogP contribution in [-0.2, 0) is 6.42 Å². The second-order valence-corrected chi connectivity index (χ2v) is 5.39. The predicted octanol–water partition coefficient (Wildman–Crippen LogP) is 4.06. The van der Waals surface area contributed by atoms with Crippen molar-refractivity contribution in [3.63, 3.8) is 0 Å². The van der Waals surface area contributed by atoms with Crippen molar-refractivity contribution in [3.05, 3.63) is 75.8 Å². The van der Waals surface area contributed by atoms with Gasteiger partial charge in [0.2, 0.25) is 5.88 Å². The molecule has 0 radical (unpaired) electrons. The molecule has 0 saturated carbocycles. The van der Waals surface area contributed by atoms with Gasteiger partial charge in [0.05, 0.1) is 4.92 Å². The van der Waals surface area contributed by atoms with Gasteiger partial charge >= 0.3 is 0 Å². The third-order valence-corrected chi connectivity index (χ3v) is 3.72. The van der Waals surface area contributed by atoms with Crippen LogP contribution in [0.2, 0.25) is 0 Å². The van der Waals surface area contributed by atoms with Crippen LogP contribution in [0.1, 0.15) is 22.8 Å². The molecule has 1 aromatic heterocycles. The minimum atomic E-state index is -0.552. The predicted molar refractivity (Wildman–Crippen MR) is 92.4 cm³/mol. The lowest BCUT2D eigenvalue weighted by Gasteiger charge is -2.00. The zero-order valence-corrected chi connectivity index (χ0v) is 13.4. The summed E-state index contributed by atoms with van der Waals surface area (Å²) in [5, 5.41) is 17.3. The third-order valence-electron chi connectivity index (χ3n) is 3.72. The summed E-state index contributed by atoms with van der Waals surface area (Å²) in [7, 11) is 0. The topological polar surface area (TPSA) is 98.3 Å². The Morgan fingerprint density at radius 1 is 1.20 bits per heavy atom. The lowest BCUT2D eigenvalue weighted by Crippen LogP contribution is -2.11. The number of rotatable bonds is 5. The Balaban J connectivity index is 1.75. The minimum absolute atomic E-state index is 0.151. The van der Waals surface area contributed by atoms with Gasteiger partial charge in [-0.15, -0.1) is 0 Å². The second-order valence-electron chi connectivity index (χ2n) is 5.39. The molecule has 1 heterocycles. The highest BCUT2D eigenvalue weighted by molar-refractivity contribution is 6.04. The zero-order valence-electron chi connectivity index (χ0n) is 13.4. The number of nitro groups is 1. The maximum atomic E-state index is 12.2. The SMILES string of the molecule is CCc1ccc(-c2cc(NC(=O)c3cccc([N+](=O)[O-])c3)on2)cc1. The van der Waals surface area contributed by atoms with Crippen molar-refractivity contribution in [2.75, 3.05) is 5.32 Å². The van der Waals surface area contributed by atoms with Gasteiger partial charge in [-0.2, -0.15) is 0 Å². The van der Waals surface area contributed by atoms with Crippen molar-refractivity contribution in [1.29, 1.82) is 0 Å². The fourth-order valence-electron chi connectivity index (χ4n) is 2.33. The highest BCUT2D eigenvalue weighted by atomic mass is 16.6. The summed E-state index contributed by atoms with van der Waals surface area (Å²) in [5.41, 5.74) is 2.70. The Hall–Kier alpha value is -3.48. The van der Waals surface area contributed by atoms with Crippen LogP contribution in [0.5, 0.6) is 0 Å². The van der Waals surface area contributed by atoms with E-state index < -0.39 is 10.8 Å². The van der Waals surface area contributed by atoms with E-state index in [9.17, 15) is 14.9 Å². The number of nitrogens with one attached hydrogen (secondary N) is 1. The van der Waals surface area contributed by atoms with Crippen LogP contribution in [0.3, 0.4) is 0 Å². The Morgan fingerprint density at radius 2 is 1.96 bits per heavy atom. The van der Waals surface area contributed by atoms with Crippen molar-refractivity contribution < 1.29 is 14.2 Å². The van der Waals surface area contributed by atoms with E-state index in [1.165, 1.54) is 29.8 Å². The first-order valence-corrected chi connectivity index (χ1v) is 7.68. The maximum absolute atomic E-state index is 12.2. The van der Waals surface area contributed by atoms with Crippen LogP contribution in [-0.4, -0.2) is 16.0 Å². The average molecular weight is 337 g/mol. The lowest BCUT2D eigenvalue weighted by atomic mass is 10.1. The van der Waals surface area contributed by atoms with E-state index >= 15 is 0 Å². The molecule has 0 aliphatic rings. The van der Waals surface area contributed by atoms with Crippen molar-refractivity contribution in [2.45, 2.75) is 13.3 Å². The van der Waals surface area contributed by atoms with E-state index in [0.717, 1.165) is 12.0 Å². The normalized spacial score (nSPS) is 10.4. The third kappa shape index (κ3) is 3.72. The van der Waals surface area contributed by atoms with Crippen LogP contribution >= 0.6 is 0 Å². The molecule has 7 nitrogen and oxygen atoms in total. The number of non-ortho nitro benzene ring substituents is 1. The molecule has 0 spiro atoms. The lowest BCUT2D eigenvalue weighted by molar-refractivity contribution is -0.384. The highest BCUT2D eigenvalue weighted by Crippen LogP contribution is 2.23. The largest absolute Gasteiger partial charge is 0.338 e. The number of nitrogens with zero attached hydrogens (tertiary/aromatic N) is 2. The maximum Gasteiger partial charge on any atom is 0.270 e. The molecule has 3 rings (SSSR count).